The topological polar surface area (TPSA) is 58.1 Å². The molecule has 0 spiro atoms. The van der Waals surface area contributed by atoms with Crippen LogP contribution >= 0.6 is 0 Å². The standard InChI is InChI=1S/C21H20N4O/c1-14-9-15(2)11-17(10-14)24-20-13-22-18(12-23-20)21(26)25-8-7-16-5-3-4-6-19(16)25/h3-6,9-13H,7-8H2,1-2H3,(H,23,24). The van der Waals surface area contributed by atoms with Gasteiger partial charge in [0.15, 0.2) is 0 Å². The van der Waals surface area contributed by atoms with Crippen LogP contribution in [0.5, 0.6) is 0 Å². The van der Waals surface area contributed by atoms with Crippen LogP contribution in [-0.2, 0) is 6.42 Å². The zero-order chi connectivity index (χ0) is 18.1. The lowest BCUT2D eigenvalue weighted by Crippen LogP contribution is -2.29. The van der Waals surface area contributed by atoms with Crippen molar-refractivity contribution in [3.63, 3.8) is 0 Å². The minimum Gasteiger partial charge on any atom is -0.339 e. The highest BCUT2D eigenvalue weighted by atomic mass is 16.2. The van der Waals surface area contributed by atoms with E-state index in [-0.39, 0.29) is 5.91 Å². The maximum atomic E-state index is 12.8. The number of para-hydroxylation sites is 1. The predicted octanol–water partition coefficient (Wildman–Crippen LogP) is 4.04. The number of nitrogens with one attached hydrogen (secondary N) is 1. The molecule has 130 valence electrons. The Bertz CT molecular complexity index is 946. The number of carbonyl (C=O) groups is 1. The summed E-state index contributed by atoms with van der Waals surface area (Å²) in [6, 6.07) is 14.2. The van der Waals surface area contributed by atoms with E-state index in [9.17, 15) is 4.79 Å². The van der Waals surface area contributed by atoms with E-state index in [1.165, 1.54) is 22.9 Å². The summed E-state index contributed by atoms with van der Waals surface area (Å²) >= 11 is 0. The molecule has 1 aliphatic rings. The van der Waals surface area contributed by atoms with Crippen LogP contribution in [-0.4, -0.2) is 22.4 Å². The number of benzene rings is 2. The van der Waals surface area contributed by atoms with Crippen LogP contribution in [0.1, 0.15) is 27.2 Å². The summed E-state index contributed by atoms with van der Waals surface area (Å²) in [6.45, 7) is 4.79. The van der Waals surface area contributed by atoms with Crippen molar-refractivity contribution in [1.82, 2.24) is 9.97 Å². The molecule has 4 rings (SSSR count). The van der Waals surface area contributed by atoms with E-state index in [1.54, 1.807) is 11.1 Å². The summed E-state index contributed by atoms with van der Waals surface area (Å²) in [4.78, 5) is 23.2. The van der Waals surface area contributed by atoms with Gasteiger partial charge in [0.05, 0.1) is 12.4 Å². The Morgan fingerprint density at radius 1 is 1.04 bits per heavy atom. The summed E-state index contributed by atoms with van der Waals surface area (Å²) in [5, 5.41) is 3.24. The molecule has 0 atom stereocenters. The lowest BCUT2D eigenvalue weighted by atomic mass is 10.1. The predicted molar refractivity (Wildman–Crippen MR) is 103 cm³/mol. The van der Waals surface area contributed by atoms with Gasteiger partial charge in [0, 0.05) is 17.9 Å². The van der Waals surface area contributed by atoms with E-state index in [0.29, 0.717) is 18.1 Å². The second-order valence-electron chi connectivity index (χ2n) is 6.62. The Labute approximate surface area is 152 Å². The SMILES string of the molecule is Cc1cc(C)cc(Nc2cnc(C(=O)N3CCc4ccccc43)cn2)c1. The van der Waals surface area contributed by atoms with Gasteiger partial charge in [0.25, 0.3) is 5.91 Å². The number of carbonyl (C=O) groups excluding carboxylic acids is 1. The Morgan fingerprint density at radius 2 is 1.81 bits per heavy atom. The van der Waals surface area contributed by atoms with Gasteiger partial charge in [-0.3, -0.25) is 4.79 Å². The third-order valence-electron chi connectivity index (χ3n) is 4.50. The molecule has 1 N–H and O–H groups in total. The van der Waals surface area contributed by atoms with Crippen LogP contribution in [0.2, 0.25) is 0 Å². The number of nitrogens with zero attached hydrogens (tertiary/aromatic N) is 3. The largest absolute Gasteiger partial charge is 0.339 e. The van der Waals surface area contributed by atoms with Gasteiger partial charge in [0.1, 0.15) is 11.5 Å². The van der Waals surface area contributed by atoms with Crippen molar-refractivity contribution >= 4 is 23.1 Å². The van der Waals surface area contributed by atoms with Gasteiger partial charge in [-0.25, -0.2) is 9.97 Å². The number of anilines is 3. The zero-order valence-corrected chi connectivity index (χ0v) is 14.9. The Hall–Kier alpha value is -3.21. The average Bonchev–Trinajstić information content (AvgIpc) is 3.05. The van der Waals surface area contributed by atoms with Crippen LogP contribution in [0, 0.1) is 13.8 Å². The summed E-state index contributed by atoms with van der Waals surface area (Å²) in [5.41, 5.74) is 5.84. The number of aryl methyl sites for hydroxylation is 2. The molecule has 0 saturated carbocycles. The number of aromatic nitrogens is 2. The molecule has 3 aromatic rings. The number of hydrogen-bond acceptors (Lipinski definition) is 4. The highest BCUT2D eigenvalue weighted by molar-refractivity contribution is 6.05. The van der Waals surface area contributed by atoms with E-state index < -0.39 is 0 Å². The van der Waals surface area contributed by atoms with Crippen molar-refractivity contribution in [2.45, 2.75) is 20.3 Å². The van der Waals surface area contributed by atoms with Gasteiger partial charge >= 0.3 is 0 Å². The minimum absolute atomic E-state index is 0.111. The van der Waals surface area contributed by atoms with E-state index in [1.807, 2.05) is 18.2 Å². The molecule has 2 aromatic carbocycles. The number of fused-ring (bicyclic) bond motifs is 1. The van der Waals surface area contributed by atoms with Crippen molar-refractivity contribution in [3.05, 3.63) is 77.2 Å². The van der Waals surface area contributed by atoms with Gasteiger partial charge in [-0.15, -0.1) is 0 Å². The van der Waals surface area contributed by atoms with Crippen molar-refractivity contribution in [3.8, 4) is 0 Å². The molecule has 26 heavy (non-hydrogen) atoms. The molecular weight excluding hydrogens is 324 g/mol. The lowest BCUT2D eigenvalue weighted by Gasteiger charge is -2.16. The second-order valence-corrected chi connectivity index (χ2v) is 6.62. The molecule has 2 heterocycles. The van der Waals surface area contributed by atoms with E-state index in [2.05, 4.69) is 53.4 Å². The molecule has 5 nitrogen and oxygen atoms in total. The summed E-state index contributed by atoms with van der Waals surface area (Å²) in [5.74, 6) is 0.508. The van der Waals surface area contributed by atoms with Crippen molar-refractivity contribution in [2.75, 3.05) is 16.8 Å². The quantitative estimate of drug-likeness (QED) is 0.779. The smallest absolute Gasteiger partial charge is 0.278 e. The van der Waals surface area contributed by atoms with Gasteiger partial charge in [-0.1, -0.05) is 24.3 Å². The van der Waals surface area contributed by atoms with Crippen LogP contribution in [0.25, 0.3) is 0 Å². The van der Waals surface area contributed by atoms with Crippen molar-refractivity contribution in [2.24, 2.45) is 0 Å². The van der Waals surface area contributed by atoms with Gasteiger partial charge in [-0.05, 0) is 55.2 Å². The fraction of sp³-hybridized carbons (Fsp3) is 0.190. The monoisotopic (exact) mass is 344 g/mol. The van der Waals surface area contributed by atoms with Crippen LogP contribution in [0.15, 0.2) is 54.9 Å². The van der Waals surface area contributed by atoms with Gasteiger partial charge < -0.3 is 10.2 Å². The maximum Gasteiger partial charge on any atom is 0.278 e. The number of hydrogen-bond donors (Lipinski definition) is 1. The Kier molecular flexibility index (Phi) is 4.13. The normalized spacial score (nSPS) is 12.8. The van der Waals surface area contributed by atoms with Crippen LogP contribution in [0.4, 0.5) is 17.2 Å². The molecule has 0 bridgehead atoms. The molecular formula is C21H20N4O. The molecule has 0 unspecified atom stereocenters. The van der Waals surface area contributed by atoms with Crippen LogP contribution in [0.3, 0.4) is 0 Å². The second kappa shape index (κ2) is 6.59. The van der Waals surface area contributed by atoms with E-state index >= 15 is 0 Å². The third kappa shape index (κ3) is 3.16. The molecule has 0 saturated heterocycles. The highest BCUT2D eigenvalue weighted by Crippen LogP contribution is 2.28. The molecule has 0 aliphatic carbocycles. The molecule has 1 aromatic heterocycles. The van der Waals surface area contributed by atoms with E-state index in [0.717, 1.165) is 17.8 Å². The lowest BCUT2D eigenvalue weighted by molar-refractivity contribution is 0.0984. The molecule has 0 fully saturated rings. The number of rotatable bonds is 3. The van der Waals surface area contributed by atoms with Gasteiger partial charge in [0.2, 0.25) is 0 Å². The first-order valence-electron chi connectivity index (χ1n) is 8.67. The van der Waals surface area contributed by atoms with Crippen molar-refractivity contribution in [1.29, 1.82) is 0 Å². The first-order valence-corrected chi connectivity index (χ1v) is 8.67. The summed E-state index contributed by atoms with van der Waals surface area (Å²) in [7, 11) is 0. The highest BCUT2D eigenvalue weighted by Gasteiger charge is 2.26. The van der Waals surface area contributed by atoms with Gasteiger partial charge in [-0.2, -0.15) is 0 Å². The minimum atomic E-state index is -0.111. The Morgan fingerprint density at radius 3 is 2.54 bits per heavy atom. The number of amides is 1. The molecule has 5 heteroatoms. The average molecular weight is 344 g/mol. The van der Waals surface area contributed by atoms with Crippen molar-refractivity contribution < 1.29 is 4.79 Å². The first-order chi connectivity index (χ1) is 12.6. The first kappa shape index (κ1) is 16.3. The zero-order valence-electron chi connectivity index (χ0n) is 14.9. The molecule has 1 aliphatic heterocycles. The molecule has 0 radical (unpaired) electrons. The maximum absolute atomic E-state index is 12.8. The summed E-state index contributed by atoms with van der Waals surface area (Å²) in [6.07, 6.45) is 4.02. The van der Waals surface area contributed by atoms with E-state index in [4.69, 9.17) is 0 Å². The summed E-state index contributed by atoms with van der Waals surface area (Å²) < 4.78 is 0. The Balaban J connectivity index is 1.52. The van der Waals surface area contributed by atoms with Crippen LogP contribution < -0.4 is 10.2 Å². The fourth-order valence-corrected chi connectivity index (χ4v) is 3.39. The third-order valence-corrected chi connectivity index (χ3v) is 4.50. The fourth-order valence-electron chi connectivity index (χ4n) is 3.39. The molecule has 1 amide bonds.